The van der Waals surface area contributed by atoms with Crippen LogP contribution < -0.4 is 10.6 Å². The highest BCUT2D eigenvalue weighted by Gasteiger charge is 2.09. The monoisotopic (exact) mass is 341 g/mol. The Kier molecular flexibility index (Phi) is 6.95. The number of anilines is 2. The molecule has 0 saturated heterocycles. The van der Waals surface area contributed by atoms with Crippen LogP contribution in [-0.2, 0) is 4.74 Å². The molecule has 0 fully saturated rings. The lowest BCUT2D eigenvalue weighted by Gasteiger charge is -2.09. The van der Waals surface area contributed by atoms with Gasteiger partial charge in [0, 0.05) is 24.6 Å². The van der Waals surface area contributed by atoms with Crippen molar-refractivity contribution in [3.63, 3.8) is 0 Å². The van der Waals surface area contributed by atoms with E-state index >= 15 is 0 Å². The molecule has 132 valence electrons. The number of hydrogen-bond acceptors (Lipinski definition) is 5. The van der Waals surface area contributed by atoms with Gasteiger partial charge in [-0.3, -0.25) is 9.78 Å². The Morgan fingerprint density at radius 1 is 1.04 bits per heavy atom. The number of pyridine rings is 1. The SMILES string of the molecule is CCCCCNc1cncc(C(=O)Nc2ccc(C(=O)OC)cc2)c1. The van der Waals surface area contributed by atoms with E-state index in [1.165, 1.54) is 19.7 Å². The van der Waals surface area contributed by atoms with Gasteiger partial charge in [-0.2, -0.15) is 0 Å². The second kappa shape index (κ2) is 9.42. The predicted molar refractivity (Wildman–Crippen MR) is 98.0 cm³/mol. The van der Waals surface area contributed by atoms with Crippen molar-refractivity contribution in [2.45, 2.75) is 26.2 Å². The number of nitrogens with one attached hydrogen (secondary N) is 2. The smallest absolute Gasteiger partial charge is 0.337 e. The molecule has 0 saturated carbocycles. The van der Waals surface area contributed by atoms with Crippen LogP contribution in [0.15, 0.2) is 42.7 Å². The van der Waals surface area contributed by atoms with E-state index in [9.17, 15) is 9.59 Å². The summed E-state index contributed by atoms with van der Waals surface area (Å²) < 4.78 is 4.65. The van der Waals surface area contributed by atoms with E-state index in [1.807, 2.05) is 0 Å². The maximum atomic E-state index is 12.3. The number of unbranched alkanes of at least 4 members (excludes halogenated alkanes) is 2. The van der Waals surface area contributed by atoms with E-state index < -0.39 is 5.97 Å². The number of hydrogen-bond donors (Lipinski definition) is 2. The molecule has 2 aromatic rings. The van der Waals surface area contributed by atoms with Crippen LogP contribution in [0.3, 0.4) is 0 Å². The Hall–Kier alpha value is -2.89. The molecule has 0 aliphatic carbocycles. The number of amides is 1. The average Bonchev–Trinajstić information content (AvgIpc) is 2.65. The van der Waals surface area contributed by atoms with Crippen LogP contribution >= 0.6 is 0 Å². The zero-order chi connectivity index (χ0) is 18.1. The quantitative estimate of drug-likeness (QED) is 0.565. The summed E-state index contributed by atoms with van der Waals surface area (Å²) >= 11 is 0. The third kappa shape index (κ3) is 5.60. The van der Waals surface area contributed by atoms with Gasteiger partial charge in [-0.25, -0.2) is 4.79 Å². The van der Waals surface area contributed by atoms with Gasteiger partial charge in [0.15, 0.2) is 0 Å². The van der Waals surface area contributed by atoms with Gasteiger partial charge in [-0.05, 0) is 36.8 Å². The fourth-order valence-electron chi connectivity index (χ4n) is 2.28. The average molecular weight is 341 g/mol. The van der Waals surface area contributed by atoms with Crippen molar-refractivity contribution >= 4 is 23.3 Å². The first-order valence-electron chi connectivity index (χ1n) is 8.32. The van der Waals surface area contributed by atoms with Gasteiger partial charge in [0.1, 0.15) is 0 Å². The molecule has 0 unspecified atom stereocenters. The number of aromatic nitrogens is 1. The highest BCUT2D eigenvalue weighted by molar-refractivity contribution is 6.04. The molecule has 0 aliphatic rings. The van der Waals surface area contributed by atoms with Crippen molar-refractivity contribution in [3.8, 4) is 0 Å². The largest absolute Gasteiger partial charge is 0.465 e. The van der Waals surface area contributed by atoms with Gasteiger partial charge in [0.25, 0.3) is 5.91 Å². The molecule has 2 rings (SSSR count). The number of methoxy groups -OCH3 is 1. The van der Waals surface area contributed by atoms with Gasteiger partial charge in [0.05, 0.1) is 23.9 Å². The molecule has 1 aromatic heterocycles. The number of ether oxygens (including phenoxy) is 1. The van der Waals surface area contributed by atoms with E-state index in [0.29, 0.717) is 16.8 Å². The summed E-state index contributed by atoms with van der Waals surface area (Å²) in [6, 6.07) is 8.29. The highest BCUT2D eigenvalue weighted by atomic mass is 16.5. The van der Waals surface area contributed by atoms with Gasteiger partial charge in [0.2, 0.25) is 0 Å². The molecule has 1 amide bonds. The van der Waals surface area contributed by atoms with Crippen LogP contribution in [0.4, 0.5) is 11.4 Å². The first kappa shape index (κ1) is 18.4. The fourth-order valence-corrected chi connectivity index (χ4v) is 2.28. The third-order valence-electron chi connectivity index (χ3n) is 3.67. The zero-order valence-electron chi connectivity index (χ0n) is 14.5. The van der Waals surface area contributed by atoms with Crippen LogP contribution in [0.2, 0.25) is 0 Å². The number of carbonyl (C=O) groups is 2. The van der Waals surface area contributed by atoms with Crippen LogP contribution in [0.25, 0.3) is 0 Å². The molecule has 6 nitrogen and oxygen atoms in total. The molecule has 0 spiro atoms. The third-order valence-corrected chi connectivity index (χ3v) is 3.67. The van der Waals surface area contributed by atoms with E-state index in [4.69, 9.17) is 0 Å². The second-order valence-electron chi connectivity index (χ2n) is 5.62. The molecule has 1 aromatic carbocycles. The van der Waals surface area contributed by atoms with Gasteiger partial charge >= 0.3 is 5.97 Å². The number of esters is 1. The van der Waals surface area contributed by atoms with Crippen LogP contribution in [-0.4, -0.2) is 30.5 Å². The second-order valence-corrected chi connectivity index (χ2v) is 5.62. The highest BCUT2D eigenvalue weighted by Crippen LogP contribution is 2.14. The van der Waals surface area contributed by atoms with E-state index in [2.05, 4.69) is 27.3 Å². The Labute approximate surface area is 147 Å². The normalized spacial score (nSPS) is 10.2. The van der Waals surface area contributed by atoms with Gasteiger partial charge in [-0.1, -0.05) is 19.8 Å². The Balaban J connectivity index is 1.97. The molecule has 6 heteroatoms. The Bertz CT molecular complexity index is 714. The zero-order valence-corrected chi connectivity index (χ0v) is 14.5. The number of benzene rings is 1. The van der Waals surface area contributed by atoms with Crippen molar-refractivity contribution < 1.29 is 14.3 Å². The Morgan fingerprint density at radius 2 is 1.80 bits per heavy atom. The molecular weight excluding hydrogens is 318 g/mol. The molecule has 0 aliphatic heterocycles. The molecule has 1 heterocycles. The first-order valence-corrected chi connectivity index (χ1v) is 8.32. The summed E-state index contributed by atoms with van der Waals surface area (Å²) in [5.41, 5.74) is 2.32. The van der Waals surface area contributed by atoms with Crippen LogP contribution in [0.1, 0.15) is 46.9 Å². The topological polar surface area (TPSA) is 80.3 Å². The van der Waals surface area contributed by atoms with Crippen molar-refractivity contribution in [1.82, 2.24) is 4.98 Å². The molecule has 25 heavy (non-hydrogen) atoms. The van der Waals surface area contributed by atoms with E-state index in [0.717, 1.165) is 25.1 Å². The lowest BCUT2D eigenvalue weighted by atomic mass is 10.2. The minimum atomic E-state index is -0.413. The standard InChI is InChI=1S/C19H23N3O3/c1-3-4-5-10-21-17-11-15(12-20-13-17)18(23)22-16-8-6-14(7-9-16)19(24)25-2/h6-9,11-13,21H,3-5,10H2,1-2H3,(H,22,23). The fraction of sp³-hybridized carbons (Fsp3) is 0.316. The number of nitrogens with zero attached hydrogens (tertiary/aromatic N) is 1. The predicted octanol–water partition coefficient (Wildman–Crippen LogP) is 3.72. The van der Waals surface area contributed by atoms with E-state index in [-0.39, 0.29) is 5.91 Å². The van der Waals surface area contributed by atoms with Crippen LogP contribution in [0, 0.1) is 0 Å². The summed E-state index contributed by atoms with van der Waals surface area (Å²) in [6.07, 6.45) is 6.64. The minimum absolute atomic E-state index is 0.254. The summed E-state index contributed by atoms with van der Waals surface area (Å²) in [5, 5.41) is 6.06. The van der Waals surface area contributed by atoms with Crippen molar-refractivity contribution in [3.05, 3.63) is 53.9 Å². The minimum Gasteiger partial charge on any atom is -0.465 e. The summed E-state index contributed by atoms with van der Waals surface area (Å²) in [7, 11) is 1.33. The first-order chi connectivity index (χ1) is 12.1. The van der Waals surface area contributed by atoms with Gasteiger partial charge < -0.3 is 15.4 Å². The maximum absolute atomic E-state index is 12.3. The maximum Gasteiger partial charge on any atom is 0.337 e. The number of rotatable bonds is 8. The molecule has 0 bridgehead atoms. The summed E-state index contributed by atoms with van der Waals surface area (Å²) in [5.74, 6) is -0.667. The number of carbonyl (C=O) groups excluding carboxylic acids is 2. The molecular formula is C19H23N3O3. The molecule has 2 N–H and O–H groups in total. The summed E-state index contributed by atoms with van der Waals surface area (Å²) in [4.78, 5) is 27.9. The van der Waals surface area contributed by atoms with Crippen molar-refractivity contribution in [2.75, 3.05) is 24.3 Å². The van der Waals surface area contributed by atoms with Crippen molar-refractivity contribution in [2.24, 2.45) is 0 Å². The Morgan fingerprint density at radius 3 is 2.48 bits per heavy atom. The lowest BCUT2D eigenvalue weighted by molar-refractivity contribution is 0.0600. The summed E-state index contributed by atoms with van der Waals surface area (Å²) in [6.45, 7) is 3.01. The molecule has 0 radical (unpaired) electrons. The van der Waals surface area contributed by atoms with Crippen molar-refractivity contribution in [1.29, 1.82) is 0 Å². The van der Waals surface area contributed by atoms with E-state index in [1.54, 1.807) is 36.5 Å². The lowest BCUT2D eigenvalue weighted by Crippen LogP contribution is -2.13. The van der Waals surface area contributed by atoms with Crippen LogP contribution in [0.5, 0.6) is 0 Å². The molecule has 0 atom stereocenters. The van der Waals surface area contributed by atoms with Gasteiger partial charge in [-0.15, -0.1) is 0 Å².